The third-order valence-corrected chi connectivity index (χ3v) is 9.89. The van der Waals surface area contributed by atoms with Crippen molar-refractivity contribution in [3.63, 3.8) is 0 Å². The van der Waals surface area contributed by atoms with Crippen molar-refractivity contribution in [1.82, 2.24) is 0 Å². The number of hydrogen-bond donors (Lipinski definition) is 4. The van der Waals surface area contributed by atoms with Gasteiger partial charge in [0.25, 0.3) is 0 Å². The van der Waals surface area contributed by atoms with Crippen molar-refractivity contribution in [2.75, 3.05) is 23.0 Å². The van der Waals surface area contributed by atoms with Gasteiger partial charge in [0.15, 0.2) is 11.7 Å². The maximum absolute atomic E-state index is 8.06. The molecule has 10 heteroatoms. The smallest absolute Gasteiger partial charge is 0.154 e. The second-order valence-corrected chi connectivity index (χ2v) is 11.3. The number of fused-ring (bicyclic) bond motifs is 4. The zero-order valence-corrected chi connectivity index (χ0v) is 19.1. The van der Waals surface area contributed by atoms with Crippen LogP contribution in [0.2, 0.25) is 0 Å². The SMILES string of the molecule is N=C1N=C(N)c2cc3c(cc21)SCCSc1cc2c(cc1SCCS3)C(=N)N=C2N. The second kappa shape index (κ2) is 7.99. The van der Waals surface area contributed by atoms with Gasteiger partial charge in [0.1, 0.15) is 11.7 Å². The number of amidine groups is 4. The van der Waals surface area contributed by atoms with Crippen LogP contribution in [-0.4, -0.2) is 46.4 Å². The maximum Gasteiger partial charge on any atom is 0.154 e. The van der Waals surface area contributed by atoms with Gasteiger partial charge in [-0.3, -0.25) is 10.8 Å². The summed E-state index contributed by atoms with van der Waals surface area (Å²) < 4.78 is 0. The van der Waals surface area contributed by atoms with Crippen molar-refractivity contribution in [3.05, 3.63) is 46.5 Å². The summed E-state index contributed by atoms with van der Waals surface area (Å²) in [6.45, 7) is 0. The molecule has 0 fully saturated rings. The number of thioether (sulfide) groups is 4. The Balaban J connectivity index is 1.42. The Bertz CT molecular complexity index is 1080. The van der Waals surface area contributed by atoms with E-state index in [-0.39, 0.29) is 11.7 Å². The van der Waals surface area contributed by atoms with E-state index in [1.807, 2.05) is 47.0 Å². The molecule has 0 aliphatic carbocycles. The van der Waals surface area contributed by atoms with Gasteiger partial charge in [-0.1, -0.05) is 0 Å². The van der Waals surface area contributed by atoms with Crippen molar-refractivity contribution < 1.29 is 0 Å². The molecule has 30 heavy (non-hydrogen) atoms. The highest BCUT2D eigenvalue weighted by Crippen LogP contribution is 2.40. The molecule has 5 rings (SSSR count). The molecule has 6 N–H and O–H groups in total. The summed E-state index contributed by atoms with van der Waals surface area (Å²) in [5.41, 5.74) is 15.4. The summed E-state index contributed by atoms with van der Waals surface area (Å²) in [5.74, 6) is 5.16. The van der Waals surface area contributed by atoms with Crippen molar-refractivity contribution in [2.45, 2.75) is 19.6 Å². The summed E-state index contributed by atoms with van der Waals surface area (Å²) in [4.78, 5) is 13.0. The Hall–Kier alpha value is -1.88. The van der Waals surface area contributed by atoms with Crippen LogP contribution in [-0.2, 0) is 0 Å². The molecule has 0 spiro atoms. The molecule has 0 bridgehead atoms. The monoisotopic (exact) mass is 470 g/mol. The van der Waals surface area contributed by atoms with Gasteiger partial charge in [-0.15, -0.1) is 47.0 Å². The number of nitrogens with two attached hydrogens (primary N) is 2. The Morgan fingerprint density at radius 2 is 0.867 bits per heavy atom. The van der Waals surface area contributed by atoms with Gasteiger partial charge in [-0.25, -0.2) is 9.98 Å². The van der Waals surface area contributed by atoms with E-state index in [0.717, 1.165) is 45.3 Å². The first-order valence-electron chi connectivity index (χ1n) is 9.25. The van der Waals surface area contributed by atoms with Gasteiger partial charge in [0.05, 0.1) is 0 Å². The fourth-order valence-electron chi connectivity index (χ4n) is 3.48. The second-order valence-electron chi connectivity index (χ2n) is 6.77. The predicted molar refractivity (Wildman–Crippen MR) is 131 cm³/mol. The minimum atomic E-state index is 0.250. The Morgan fingerprint density at radius 3 is 1.20 bits per heavy atom. The molecule has 2 aromatic carbocycles. The topological polar surface area (TPSA) is 124 Å². The molecule has 0 saturated carbocycles. The van der Waals surface area contributed by atoms with Crippen LogP contribution in [0.5, 0.6) is 0 Å². The summed E-state index contributed by atoms with van der Waals surface area (Å²) in [6.07, 6.45) is 0. The van der Waals surface area contributed by atoms with Crippen LogP contribution in [0, 0.1) is 10.8 Å². The highest BCUT2D eigenvalue weighted by Gasteiger charge is 2.23. The van der Waals surface area contributed by atoms with Gasteiger partial charge < -0.3 is 11.5 Å². The van der Waals surface area contributed by atoms with Crippen LogP contribution >= 0.6 is 47.0 Å². The van der Waals surface area contributed by atoms with Crippen LogP contribution in [0.25, 0.3) is 0 Å². The fourth-order valence-corrected chi connectivity index (χ4v) is 8.00. The molecule has 3 heterocycles. The average molecular weight is 471 g/mol. The molecule has 0 radical (unpaired) electrons. The molecule has 0 unspecified atom stereocenters. The molecular formula is C20H18N6S4. The molecule has 0 saturated heterocycles. The lowest BCUT2D eigenvalue weighted by Crippen LogP contribution is -2.11. The first-order valence-corrected chi connectivity index (χ1v) is 13.2. The summed E-state index contributed by atoms with van der Waals surface area (Å²) >= 11 is 7.26. The molecule has 2 aromatic rings. The Labute approximate surface area is 191 Å². The van der Waals surface area contributed by atoms with E-state index in [0.29, 0.717) is 11.7 Å². The van der Waals surface area contributed by atoms with Gasteiger partial charge in [-0.2, -0.15) is 0 Å². The Morgan fingerprint density at radius 1 is 0.567 bits per heavy atom. The number of rotatable bonds is 0. The van der Waals surface area contributed by atoms with E-state index < -0.39 is 0 Å². The standard InChI is InChI=1S/C20H18N6S4/c21-17-9-5-13-14(6-10(9)18(22)25-17)29-3-4-30-16-8-12-11(19(23)26-20(12)24)7-15(16)28-2-1-27-13/h5-8H,1-4H2,(H3,21,22,25)(H3,23,24,26). The zero-order chi connectivity index (χ0) is 20.8. The molecule has 152 valence electrons. The van der Waals surface area contributed by atoms with E-state index >= 15 is 0 Å². The van der Waals surface area contributed by atoms with Crippen molar-refractivity contribution >= 4 is 70.4 Å². The third-order valence-electron chi connectivity index (χ3n) is 4.89. The lowest BCUT2D eigenvalue weighted by molar-refractivity contribution is 1.21. The number of hydrogen-bond acceptors (Lipinski definition) is 8. The molecule has 0 amide bonds. The van der Waals surface area contributed by atoms with E-state index in [9.17, 15) is 0 Å². The van der Waals surface area contributed by atoms with E-state index in [4.69, 9.17) is 22.3 Å². The number of nitrogens with zero attached hydrogens (tertiary/aromatic N) is 2. The normalized spacial score (nSPS) is 18.4. The summed E-state index contributed by atoms with van der Waals surface area (Å²) in [5, 5.41) is 16.1. The lowest BCUT2D eigenvalue weighted by atomic mass is 10.1. The van der Waals surface area contributed by atoms with Gasteiger partial charge in [0.2, 0.25) is 0 Å². The van der Waals surface area contributed by atoms with Crippen LogP contribution < -0.4 is 11.5 Å². The largest absolute Gasteiger partial charge is 0.383 e. The highest BCUT2D eigenvalue weighted by atomic mass is 32.2. The first kappa shape index (κ1) is 20.0. The quantitative estimate of drug-likeness (QED) is 0.463. The third kappa shape index (κ3) is 3.55. The van der Waals surface area contributed by atoms with Crippen LogP contribution in [0.3, 0.4) is 0 Å². The van der Waals surface area contributed by atoms with Crippen LogP contribution in [0.15, 0.2) is 53.8 Å². The summed E-state index contributed by atoms with van der Waals surface area (Å²) in [6, 6.07) is 8.32. The molecule has 0 atom stereocenters. The molecule has 3 aliphatic heterocycles. The summed E-state index contributed by atoms with van der Waals surface area (Å²) in [7, 11) is 0. The van der Waals surface area contributed by atoms with Crippen LogP contribution in [0.1, 0.15) is 22.3 Å². The van der Waals surface area contributed by atoms with Crippen molar-refractivity contribution in [3.8, 4) is 0 Å². The molecule has 6 nitrogen and oxygen atoms in total. The number of nitrogens with one attached hydrogen (secondary N) is 2. The molecule has 0 aromatic heterocycles. The van der Waals surface area contributed by atoms with Crippen molar-refractivity contribution in [1.29, 1.82) is 10.8 Å². The highest BCUT2D eigenvalue weighted by molar-refractivity contribution is 8.06. The maximum atomic E-state index is 8.06. The van der Waals surface area contributed by atoms with Crippen molar-refractivity contribution in [2.24, 2.45) is 21.5 Å². The fraction of sp³-hybridized carbons (Fsp3) is 0.200. The van der Waals surface area contributed by atoms with E-state index in [1.54, 1.807) is 0 Å². The van der Waals surface area contributed by atoms with E-state index in [1.165, 1.54) is 19.6 Å². The predicted octanol–water partition coefficient (Wildman–Crippen LogP) is 3.86. The zero-order valence-electron chi connectivity index (χ0n) is 15.8. The van der Waals surface area contributed by atoms with Gasteiger partial charge in [-0.05, 0) is 24.3 Å². The lowest BCUT2D eigenvalue weighted by Gasteiger charge is -2.15. The van der Waals surface area contributed by atoms with E-state index in [2.05, 4.69) is 34.3 Å². The first-order chi connectivity index (χ1) is 14.5. The average Bonchev–Trinajstić information content (AvgIpc) is 3.15. The Kier molecular flexibility index (Phi) is 5.34. The molecular weight excluding hydrogens is 453 g/mol. The number of aliphatic imine (C=N–C) groups is 2. The van der Waals surface area contributed by atoms with Gasteiger partial charge >= 0.3 is 0 Å². The minimum Gasteiger partial charge on any atom is -0.383 e. The molecule has 3 aliphatic rings. The number of benzene rings is 2. The van der Waals surface area contributed by atoms with Crippen LogP contribution in [0.4, 0.5) is 0 Å². The minimum absolute atomic E-state index is 0.250. The van der Waals surface area contributed by atoms with Gasteiger partial charge in [0, 0.05) is 64.8 Å².